The molecular weight excluding hydrogens is 282 g/mol. The van der Waals surface area contributed by atoms with E-state index in [-0.39, 0.29) is 0 Å². The molecule has 0 radical (unpaired) electrons. The Bertz CT molecular complexity index is 709. The smallest absolute Gasteiger partial charge is 0.0716 e. The van der Waals surface area contributed by atoms with Crippen LogP contribution < -0.4 is 5.32 Å². The Morgan fingerprint density at radius 3 is 2.35 bits per heavy atom. The van der Waals surface area contributed by atoms with E-state index >= 15 is 0 Å². The van der Waals surface area contributed by atoms with E-state index in [0.717, 1.165) is 32.5 Å². The van der Waals surface area contributed by atoms with Crippen molar-refractivity contribution in [1.82, 2.24) is 15.1 Å². The largest absolute Gasteiger partial charge is 0.312 e. The average molecular weight is 303 g/mol. The highest BCUT2D eigenvalue weighted by Gasteiger charge is 2.20. The van der Waals surface area contributed by atoms with E-state index in [1.807, 2.05) is 0 Å². The molecule has 0 spiro atoms. The molecule has 3 aromatic rings. The van der Waals surface area contributed by atoms with Gasteiger partial charge in [0.1, 0.15) is 0 Å². The number of hydrogen-bond donors (Lipinski definition) is 1. The number of aromatic nitrogens is 2. The molecule has 1 aliphatic heterocycles. The topological polar surface area (TPSA) is 29.9 Å². The van der Waals surface area contributed by atoms with Crippen LogP contribution in [0.1, 0.15) is 28.1 Å². The lowest BCUT2D eigenvalue weighted by Crippen LogP contribution is -2.25. The Hall–Kier alpha value is -2.39. The average Bonchev–Trinajstić information content (AvgIpc) is 2.95. The second-order valence-corrected chi connectivity index (χ2v) is 6.10. The van der Waals surface area contributed by atoms with E-state index in [4.69, 9.17) is 5.10 Å². The molecule has 0 saturated heterocycles. The van der Waals surface area contributed by atoms with Crippen LogP contribution in [0.15, 0.2) is 60.7 Å². The molecule has 0 bridgehead atoms. The first kappa shape index (κ1) is 14.2. The van der Waals surface area contributed by atoms with E-state index in [1.54, 1.807) is 0 Å². The molecule has 0 unspecified atom stereocenters. The van der Waals surface area contributed by atoms with Crippen molar-refractivity contribution in [3.8, 4) is 0 Å². The van der Waals surface area contributed by atoms with Crippen molar-refractivity contribution in [2.24, 2.45) is 0 Å². The minimum Gasteiger partial charge on any atom is -0.312 e. The van der Waals surface area contributed by atoms with Crippen LogP contribution in [0.5, 0.6) is 0 Å². The van der Waals surface area contributed by atoms with Crippen molar-refractivity contribution in [3.63, 3.8) is 0 Å². The first-order valence-corrected chi connectivity index (χ1v) is 8.26. The molecule has 0 aliphatic carbocycles. The second kappa shape index (κ2) is 6.39. The molecule has 116 valence electrons. The van der Waals surface area contributed by atoms with Gasteiger partial charge in [0.2, 0.25) is 0 Å². The third-order valence-corrected chi connectivity index (χ3v) is 4.48. The van der Waals surface area contributed by atoms with Gasteiger partial charge in [-0.3, -0.25) is 4.68 Å². The molecule has 4 rings (SSSR count). The van der Waals surface area contributed by atoms with Crippen LogP contribution >= 0.6 is 0 Å². The van der Waals surface area contributed by atoms with Gasteiger partial charge in [0.15, 0.2) is 0 Å². The summed E-state index contributed by atoms with van der Waals surface area (Å²) >= 11 is 0. The summed E-state index contributed by atoms with van der Waals surface area (Å²) in [5.41, 5.74) is 6.65. The van der Waals surface area contributed by atoms with E-state index in [9.17, 15) is 0 Å². The zero-order chi connectivity index (χ0) is 15.5. The van der Waals surface area contributed by atoms with Crippen LogP contribution in [0, 0.1) is 0 Å². The highest BCUT2D eigenvalue weighted by Crippen LogP contribution is 2.22. The lowest BCUT2D eigenvalue weighted by atomic mass is 10.0. The van der Waals surface area contributed by atoms with Crippen LogP contribution in [-0.4, -0.2) is 16.3 Å². The fraction of sp³-hybridized carbons (Fsp3) is 0.250. The van der Waals surface area contributed by atoms with Gasteiger partial charge in [0, 0.05) is 37.2 Å². The molecule has 3 nitrogen and oxygen atoms in total. The highest BCUT2D eigenvalue weighted by atomic mass is 15.3. The van der Waals surface area contributed by atoms with Gasteiger partial charge in [0.25, 0.3) is 0 Å². The Balaban J connectivity index is 1.67. The number of nitrogens with zero attached hydrogens (tertiary/aromatic N) is 2. The lowest BCUT2D eigenvalue weighted by molar-refractivity contribution is 0.582. The quantitative estimate of drug-likeness (QED) is 0.802. The van der Waals surface area contributed by atoms with Crippen LogP contribution in [0.25, 0.3) is 0 Å². The zero-order valence-corrected chi connectivity index (χ0v) is 13.2. The normalized spacial score (nSPS) is 13.7. The zero-order valence-electron chi connectivity index (χ0n) is 13.2. The molecular formula is C20H21N3. The third kappa shape index (κ3) is 3.06. The fourth-order valence-corrected chi connectivity index (χ4v) is 3.31. The summed E-state index contributed by atoms with van der Waals surface area (Å²) in [6.45, 7) is 2.84. The van der Waals surface area contributed by atoms with E-state index in [0.29, 0.717) is 0 Å². The van der Waals surface area contributed by atoms with E-state index < -0.39 is 0 Å². The Labute approximate surface area is 137 Å². The number of fused-ring (bicyclic) bond motifs is 1. The van der Waals surface area contributed by atoms with Gasteiger partial charge in [-0.05, 0) is 11.1 Å². The summed E-state index contributed by atoms with van der Waals surface area (Å²) in [5, 5.41) is 8.45. The van der Waals surface area contributed by atoms with Crippen LogP contribution in [0.3, 0.4) is 0 Å². The SMILES string of the molecule is c1ccc(Cc2nn(Cc3ccccc3)c3c2CNCC3)cc1. The second-order valence-electron chi connectivity index (χ2n) is 6.10. The van der Waals surface area contributed by atoms with Gasteiger partial charge < -0.3 is 5.32 Å². The van der Waals surface area contributed by atoms with Crippen LogP contribution in [0.2, 0.25) is 0 Å². The molecule has 0 atom stereocenters. The number of hydrogen-bond acceptors (Lipinski definition) is 2. The maximum atomic E-state index is 4.96. The van der Waals surface area contributed by atoms with E-state index in [2.05, 4.69) is 70.7 Å². The van der Waals surface area contributed by atoms with Crippen molar-refractivity contribution in [2.75, 3.05) is 6.54 Å². The van der Waals surface area contributed by atoms with Crippen LogP contribution in [0.4, 0.5) is 0 Å². The van der Waals surface area contributed by atoms with Gasteiger partial charge in [-0.15, -0.1) is 0 Å². The molecule has 0 fully saturated rings. The number of benzene rings is 2. The van der Waals surface area contributed by atoms with Gasteiger partial charge >= 0.3 is 0 Å². The van der Waals surface area contributed by atoms with Gasteiger partial charge in [0.05, 0.1) is 12.2 Å². The maximum absolute atomic E-state index is 4.96. The van der Waals surface area contributed by atoms with Crippen molar-refractivity contribution < 1.29 is 0 Å². The van der Waals surface area contributed by atoms with Crippen molar-refractivity contribution in [1.29, 1.82) is 0 Å². The molecule has 1 N–H and O–H groups in total. The summed E-state index contributed by atoms with van der Waals surface area (Å²) in [5.74, 6) is 0. The minimum absolute atomic E-state index is 0.859. The van der Waals surface area contributed by atoms with Crippen LogP contribution in [-0.2, 0) is 25.9 Å². The predicted molar refractivity (Wildman–Crippen MR) is 92.4 cm³/mol. The number of rotatable bonds is 4. The molecule has 1 aromatic heterocycles. The van der Waals surface area contributed by atoms with Gasteiger partial charge in [-0.1, -0.05) is 60.7 Å². The molecule has 2 heterocycles. The van der Waals surface area contributed by atoms with E-state index in [1.165, 1.54) is 28.1 Å². The fourth-order valence-electron chi connectivity index (χ4n) is 3.31. The Morgan fingerprint density at radius 1 is 0.913 bits per heavy atom. The molecule has 1 aliphatic rings. The Kier molecular flexibility index (Phi) is 3.95. The summed E-state index contributed by atoms with van der Waals surface area (Å²) in [6, 6.07) is 21.2. The molecule has 23 heavy (non-hydrogen) atoms. The molecule has 3 heteroatoms. The summed E-state index contributed by atoms with van der Waals surface area (Å²) in [7, 11) is 0. The summed E-state index contributed by atoms with van der Waals surface area (Å²) in [6.07, 6.45) is 1.97. The standard InChI is InChI=1S/C20H21N3/c1-3-7-16(8-4-1)13-19-18-14-21-12-11-20(18)23(22-19)15-17-9-5-2-6-10-17/h1-10,21H,11-15H2. The first-order chi connectivity index (χ1) is 11.4. The maximum Gasteiger partial charge on any atom is 0.0716 e. The predicted octanol–water partition coefficient (Wildman–Crippen LogP) is 3.17. The Morgan fingerprint density at radius 2 is 1.61 bits per heavy atom. The summed E-state index contributed by atoms with van der Waals surface area (Å²) in [4.78, 5) is 0. The summed E-state index contributed by atoms with van der Waals surface area (Å²) < 4.78 is 2.21. The van der Waals surface area contributed by atoms with Gasteiger partial charge in [-0.25, -0.2) is 0 Å². The number of nitrogens with one attached hydrogen (secondary N) is 1. The van der Waals surface area contributed by atoms with Gasteiger partial charge in [-0.2, -0.15) is 5.10 Å². The molecule has 0 saturated carbocycles. The van der Waals surface area contributed by atoms with Crippen molar-refractivity contribution in [2.45, 2.75) is 25.9 Å². The first-order valence-electron chi connectivity index (χ1n) is 8.26. The monoisotopic (exact) mass is 303 g/mol. The molecule has 2 aromatic carbocycles. The van der Waals surface area contributed by atoms with Crippen molar-refractivity contribution >= 4 is 0 Å². The highest BCUT2D eigenvalue weighted by molar-refractivity contribution is 5.33. The van der Waals surface area contributed by atoms with Crippen molar-refractivity contribution in [3.05, 3.63) is 88.7 Å². The third-order valence-electron chi connectivity index (χ3n) is 4.48. The molecule has 0 amide bonds. The lowest BCUT2D eigenvalue weighted by Gasteiger charge is -2.15. The minimum atomic E-state index is 0.859.